The van der Waals surface area contributed by atoms with Crippen LogP contribution in [0.25, 0.3) is 10.2 Å². The lowest BCUT2D eigenvalue weighted by Gasteiger charge is -1.95. The summed E-state index contributed by atoms with van der Waals surface area (Å²) >= 11 is 1.74. The number of benzene rings is 1. The van der Waals surface area contributed by atoms with Crippen LogP contribution in [0.1, 0.15) is 25.8 Å². The number of thiazole rings is 1. The second-order valence-corrected chi connectivity index (χ2v) is 4.63. The third-order valence-electron chi connectivity index (χ3n) is 2.39. The second-order valence-electron chi connectivity index (χ2n) is 3.60. The van der Waals surface area contributed by atoms with Crippen LogP contribution in [-0.2, 0) is 6.42 Å². The smallest absolute Gasteiger partial charge is 0.183 e. The number of anilines is 1. The van der Waals surface area contributed by atoms with E-state index in [2.05, 4.69) is 42.3 Å². The number of fused-ring (bicyclic) bond motifs is 1. The molecule has 0 fully saturated rings. The summed E-state index contributed by atoms with van der Waals surface area (Å²) in [4.78, 5) is 4.53. The fraction of sp³-hybridized carbons (Fsp3) is 0.417. The van der Waals surface area contributed by atoms with E-state index in [1.165, 1.54) is 10.3 Å². The van der Waals surface area contributed by atoms with Gasteiger partial charge in [-0.25, -0.2) is 4.98 Å². The Morgan fingerprint density at radius 3 is 2.93 bits per heavy atom. The average molecular weight is 220 g/mol. The number of rotatable bonds is 4. The van der Waals surface area contributed by atoms with Crippen molar-refractivity contribution in [2.75, 3.05) is 11.9 Å². The van der Waals surface area contributed by atoms with E-state index in [0.717, 1.165) is 30.0 Å². The third kappa shape index (κ3) is 2.29. The Hall–Kier alpha value is -1.09. The van der Waals surface area contributed by atoms with Gasteiger partial charge >= 0.3 is 0 Å². The van der Waals surface area contributed by atoms with Crippen molar-refractivity contribution in [2.45, 2.75) is 26.7 Å². The van der Waals surface area contributed by atoms with Gasteiger partial charge in [0.05, 0.1) is 10.2 Å². The summed E-state index contributed by atoms with van der Waals surface area (Å²) < 4.78 is 1.29. The zero-order valence-electron chi connectivity index (χ0n) is 9.21. The van der Waals surface area contributed by atoms with E-state index in [4.69, 9.17) is 0 Å². The van der Waals surface area contributed by atoms with Crippen LogP contribution in [0.5, 0.6) is 0 Å². The van der Waals surface area contributed by atoms with Gasteiger partial charge in [-0.15, -0.1) is 0 Å². The van der Waals surface area contributed by atoms with Gasteiger partial charge in [0.2, 0.25) is 0 Å². The lowest BCUT2D eigenvalue weighted by molar-refractivity contribution is 0.977. The van der Waals surface area contributed by atoms with Gasteiger partial charge in [-0.2, -0.15) is 0 Å². The molecule has 1 N–H and O–H groups in total. The molecule has 0 amide bonds. The summed E-state index contributed by atoms with van der Waals surface area (Å²) in [6.45, 7) is 5.34. The van der Waals surface area contributed by atoms with Crippen molar-refractivity contribution in [3.05, 3.63) is 23.8 Å². The van der Waals surface area contributed by atoms with Crippen molar-refractivity contribution in [1.82, 2.24) is 4.98 Å². The van der Waals surface area contributed by atoms with Gasteiger partial charge < -0.3 is 5.32 Å². The van der Waals surface area contributed by atoms with Crippen LogP contribution in [0.15, 0.2) is 18.2 Å². The highest BCUT2D eigenvalue weighted by atomic mass is 32.1. The molecule has 1 aromatic carbocycles. The molecule has 1 heterocycles. The van der Waals surface area contributed by atoms with E-state index >= 15 is 0 Å². The minimum atomic E-state index is 1.00. The average Bonchev–Trinajstić information content (AvgIpc) is 2.67. The molecular weight excluding hydrogens is 204 g/mol. The van der Waals surface area contributed by atoms with Crippen molar-refractivity contribution in [2.24, 2.45) is 0 Å². The number of nitrogens with one attached hydrogen (secondary N) is 1. The highest BCUT2D eigenvalue weighted by Gasteiger charge is 2.02. The molecule has 0 aliphatic carbocycles. The predicted molar refractivity (Wildman–Crippen MR) is 67.8 cm³/mol. The van der Waals surface area contributed by atoms with Crippen LogP contribution in [0.4, 0.5) is 5.13 Å². The SMILES string of the molecule is CCCNc1nc2ccc(CC)cc2s1. The molecule has 15 heavy (non-hydrogen) atoms. The van der Waals surface area contributed by atoms with Crippen LogP contribution in [0.3, 0.4) is 0 Å². The lowest BCUT2D eigenvalue weighted by atomic mass is 10.2. The van der Waals surface area contributed by atoms with Crippen molar-refractivity contribution in [3.63, 3.8) is 0 Å². The molecule has 1 aromatic heterocycles. The van der Waals surface area contributed by atoms with Crippen LogP contribution >= 0.6 is 11.3 Å². The Bertz CT molecular complexity index is 448. The van der Waals surface area contributed by atoms with Gasteiger partial charge in [0, 0.05) is 6.54 Å². The molecule has 0 bridgehead atoms. The molecular formula is C12H16N2S. The van der Waals surface area contributed by atoms with E-state index in [9.17, 15) is 0 Å². The topological polar surface area (TPSA) is 24.9 Å². The lowest BCUT2D eigenvalue weighted by Crippen LogP contribution is -1.98. The van der Waals surface area contributed by atoms with E-state index in [0.29, 0.717) is 0 Å². The number of nitrogens with zero attached hydrogens (tertiary/aromatic N) is 1. The van der Waals surface area contributed by atoms with Gasteiger partial charge in [0.15, 0.2) is 5.13 Å². The van der Waals surface area contributed by atoms with Gasteiger partial charge in [-0.05, 0) is 30.5 Å². The molecule has 0 aliphatic heterocycles. The Morgan fingerprint density at radius 1 is 1.33 bits per heavy atom. The van der Waals surface area contributed by atoms with Crippen molar-refractivity contribution in [1.29, 1.82) is 0 Å². The molecule has 0 unspecified atom stereocenters. The first kappa shape index (κ1) is 10.4. The summed E-state index contributed by atoms with van der Waals surface area (Å²) in [6.07, 6.45) is 2.22. The molecule has 0 spiro atoms. The summed E-state index contributed by atoms with van der Waals surface area (Å²) in [6, 6.07) is 6.51. The first-order valence-electron chi connectivity index (χ1n) is 5.46. The molecule has 2 rings (SSSR count). The fourth-order valence-corrected chi connectivity index (χ4v) is 2.45. The van der Waals surface area contributed by atoms with Gasteiger partial charge in [0.1, 0.15) is 0 Å². The van der Waals surface area contributed by atoms with E-state index in [1.807, 2.05) is 0 Å². The second kappa shape index (κ2) is 4.62. The standard InChI is InChI=1S/C12H16N2S/c1-3-7-13-12-14-10-6-5-9(4-2)8-11(10)15-12/h5-6,8H,3-4,7H2,1-2H3,(H,13,14). The third-order valence-corrected chi connectivity index (χ3v) is 3.36. The number of hydrogen-bond acceptors (Lipinski definition) is 3. The highest BCUT2D eigenvalue weighted by molar-refractivity contribution is 7.22. The Kier molecular flexibility index (Phi) is 3.21. The van der Waals surface area contributed by atoms with Crippen LogP contribution in [0.2, 0.25) is 0 Å². The molecule has 0 saturated heterocycles. The largest absolute Gasteiger partial charge is 0.361 e. The van der Waals surface area contributed by atoms with E-state index < -0.39 is 0 Å². The van der Waals surface area contributed by atoms with Crippen LogP contribution in [0, 0.1) is 0 Å². The molecule has 2 aromatic rings. The fourth-order valence-electron chi connectivity index (χ4n) is 1.50. The van der Waals surface area contributed by atoms with Gasteiger partial charge in [-0.1, -0.05) is 31.3 Å². The maximum atomic E-state index is 4.53. The first-order valence-corrected chi connectivity index (χ1v) is 6.28. The Balaban J connectivity index is 2.29. The first-order chi connectivity index (χ1) is 7.33. The maximum Gasteiger partial charge on any atom is 0.183 e. The Morgan fingerprint density at radius 2 is 2.20 bits per heavy atom. The highest BCUT2D eigenvalue weighted by Crippen LogP contribution is 2.26. The summed E-state index contributed by atoms with van der Waals surface area (Å²) in [5.41, 5.74) is 2.49. The zero-order valence-corrected chi connectivity index (χ0v) is 10.0. The van der Waals surface area contributed by atoms with Gasteiger partial charge in [-0.3, -0.25) is 0 Å². The van der Waals surface area contributed by atoms with Crippen molar-refractivity contribution >= 4 is 26.7 Å². The number of aryl methyl sites for hydroxylation is 1. The normalized spacial score (nSPS) is 10.8. The summed E-state index contributed by atoms with van der Waals surface area (Å²) in [5.74, 6) is 0. The molecule has 2 nitrogen and oxygen atoms in total. The van der Waals surface area contributed by atoms with Crippen LogP contribution in [-0.4, -0.2) is 11.5 Å². The number of aromatic nitrogens is 1. The molecule has 3 heteroatoms. The van der Waals surface area contributed by atoms with Crippen LogP contribution < -0.4 is 5.32 Å². The zero-order chi connectivity index (χ0) is 10.7. The van der Waals surface area contributed by atoms with Crippen molar-refractivity contribution < 1.29 is 0 Å². The monoisotopic (exact) mass is 220 g/mol. The quantitative estimate of drug-likeness (QED) is 0.850. The maximum absolute atomic E-state index is 4.53. The predicted octanol–water partition coefficient (Wildman–Crippen LogP) is 3.68. The van der Waals surface area contributed by atoms with Gasteiger partial charge in [0.25, 0.3) is 0 Å². The van der Waals surface area contributed by atoms with E-state index in [-0.39, 0.29) is 0 Å². The molecule has 0 atom stereocenters. The minimum Gasteiger partial charge on any atom is -0.361 e. The molecule has 0 radical (unpaired) electrons. The number of hydrogen-bond donors (Lipinski definition) is 1. The molecule has 80 valence electrons. The van der Waals surface area contributed by atoms with E-state index in [1.54, 1.807) is 11.3 Å². The molecule has 0 aliphatic rings. The summed E-state index contributed by atoms with van der Waals surface area (Å²) in [5, 5.41) is 4.37. The molecule has 0 saturated carbocycles. The Labute approximate surface area is 94.3 Å². The summed E-state index contributed by atoms with van der Waals surface area (Å²) in [7, 11) is 0. The minimum absolute atomic E-state index is 1.00. The van der Waals surface area contributed by atoms with Crippen molar-refractivity contribution in [3.8, 4) is 0 Å².